The Hall–Kier alpha value is -0.0800. The van der Waals surface area contributed by atoms with Gasteiger partial charge in [-0.3, -0.25) is 0 Å². The SMILES string of the molecule is CC.CC1CO1.CO. The molecule has 2 heteroatoms. The van der Waals surface area contributed by atoms with Crippen molar-refractivity contribution in [1.82, 2.24) is 0 Å². The molecule has 0 radical (unpaired) electrons. The fraction of sp³-hybridized carbons (Fsp3) is 1.00. The van der Waals surface area contributed by atoms with Crippen LogP contribution >= 0.6 is 0 Å². The summed E-state index contributed by atoms with van der Waals surface area (Å²) in [5, 5.41) is 7.00. The van der Waals surface area contributed by atoms with Gasteiger partial charge in [-0.25, -0.2) is 0 Å². The van der Waals surface area contributed by atoms with Gasteiger partial charge in [-0.05, 0) is 6.92 Å². The van der Waals surface area contributed by atoms with Crippen molar-refractivity contribution in [2.75, 3.05) is 13.7 Å². The fourth-order valence-electron chi connectivity index (χ4n) is 0.0962. The first-order chi connectivity index (χ1) is 3.89. The smallest absolute Gasteiger partial charge is 0.0781 e. The van der Waals surface area contributed by atoms with Crippen LogP contribution in [0.2, 0.25) is 0 Å². The van der Waals surface area contributed by atoms with Crippen LogP contribution in [0.3, 0.4) is 0 Å². The highest BCUT2D eigenvalue weighted by Gasteiger charge is 2.13. The first kappa shape index (κ1) is 10.8. The maximum atomic E-state index is 7.00. The van der Waals surface area contributed by atoms with Crippen molar-refractivity contribution in [1.29, 1.82) is 0 Å². The molecule has 0 saturated carbocycles. The zero-order valence-corrected chi connectivity index (χ0v) is 6.14. The Kier molecular flexibility index (Phi) is 13.6. The Balaban J connectivity index is 0. The lowest BCUT2D eigenvalue weighted by atomic mass is 10.6. The van der Waals surface area contributed by atoms with Gasteiger partial charge in [0, 0.05) is 7.11 Å². The second-order valence-corrected chi connectivity index (χ2v) is 1.14. The zero-order valence-electron chi connectivity index (χ0n) is 6.14. The minimum atomic E-state index is 0.583. The van der Waals surface area contributed by atoms with Crippen molar-refractivity contribution in [2.45, 2.75) is 26.9 Å². The number of rotatable bonds is 0. The highest BCUT2D eigenvalue weighted by Crippen LogP contribution is 2.04. The predicted octanol–water partition coefficient (Wildman–Crippen LogP) is 1.04. The molecule has 1 saturated heterocycles. The van der Waals surface area contributed by atoms with Gasteiger partial charge in [0.1, 0.15) is 0 Å². The van der Waals surface area contributed by atoms with E-state index in [9.17, 15) is 0 Å². The summed E-state index contributed by atoms with van der Waals surface area (Å²) < 4.78 is 4.71. The van der Waals surface area contributed by atoms with Crippen LogP contribution in [0.25, 0.3) is 0 Å². The third kappa shape index (κ3) is 16.8. The van der Waals surface area contributed by atoms with Crippen molar-refractivity contribution in [3.8, 4) is 0 Å². The van der Waals surface area contributed by atoms with E-state index in [-0.39, 0.29) is 0 Å². The van der Waals surface area contributed by atoms with Gasteiger partial charge < -0.3 is 9.84 Å². The molecule has 1 aliphatic heterocycles. The van der Waals surface area contributed by atoms with E-state index in [1.807, 2.05) is 13.8 Å². The summed E-state index contributed by atoms with van der Waals surface area (Å²) in [5.74, 6) is 0. The normalized spacial score (nSPS) is 21.4. The Morgan fingerprint density at radius 2 is 1.50 bits per heavy atom. The van der Waals surface area contributed by atoms with E-state index >= 15 is 0 Å². The molecule has 1 rings (SSSR count). The molecule has 2 nitrogen and oxygen atoms in total. The molecule has 0 aliphatic carbocycles. The van der Waals surface area contributed by atoms with Gasteiger partial charge in [-0.1, -0.05) is 13.8 Å². The summed E-state index contributed by atoms with van der Waals surface area (Å²) >= 11 is 0. The van der Waals surface area contributed by atoms with E-state index in [0.717, 1.165) is 13.7 Å². The van der Waals surface area contributed by atoms with E-state index in [0.29, 0.717) is 6.10 Å². The topological polar surface area (TPSA) is 32.8 Å². The highest BCUT2D eigenvalue weighted by atomic mass is 16.6. The summed E-state index contributed by atoms with van der Waals surface area (Å²) in [6, 6.07) is 0. The standard InChI is InChI=1S/C3H6O.C2H6.CH4O/c1-3-2-4-3;2*1-2/h3H,2H2,1H3;1-2H3;2H,1H3. The van der Waals surface area contributed by atoms with E-state index in [1.165, 1.54) is 0 Å². The second-order valence-electron chi connectivity index (χ2n) is 1.14. The molecule has 1 N–H and O–H groups in total. The molecule has 1 unspecified atom stereocenters. The Morgan fingerprint density at radius 1 is 1.38 bits per heavy atom. The Morgan fingerprint density at radius 3 is 1.50 bits per heavy atom. The van der Waals surface area contributed by atoms with E-state index in [2.05, 4.69) is 6.92 Å². The lowest BCUT2D eigenvalue weighted by Gasteiger charge is -1.50. The highest BCUT2D eigenvalue weighted by molar-refractivity contribution is 4.58. The maximum Gasteiger partial charge on any atom is 0.0781 e. The molecule has 0 amide bonds. The van der Waals surface area contributed by atoms with Gasteiger partial charge in [-0.15, -0.1) is 0 Å². The van der Waals surface area contributed by atoms with Crippen LogP contribution < -0.4 is 0 Å². The average Bonchev–Trinajstić information content (AvgIpc) is 2.62. The van der Waals surface area contributed by atoms with Gasteiger partial charge >= 0.3 is 0 Å². The quantitative estimate of drug-likeness (QED) is 0.484. The van der Waals surface area contributed by atoms with Crippen molar-refractivity contribution in [3.63, 3.8) is 0 Å². The molecule has 0 spiro atoms. The number of epoxide rings is 1. The van der Waals surface area contributed by atoms with Gasteiger partial charge in [0.05, 0.1) is 12.7 Å². The number of hydrogen-bond acceptors (Lipinski definition) is 2. The average molecular weight is 120 g/mol. The summed E-state index contributed by atoms with van der Waals surface area (Å²) in [4.78, 5) is 0. The van der Waals surface area contributed by atoms with Gasteiger partial charge in [0.15, 0.2) is 0 Å². The summed E-state index contributed by atoms with van der Waals surface area (Å²) in [5.41, 5.74) is 0. The molecule has 0 aromatic rings. The van der Waals surface area contributed by atoms with Crippen molar-refractivity contribution >= 4 is 0 Å². The number of ether oxygens (including phenoxy) is 1. The van der Waals surface area contributed by atoms with Crippen LogP contribution in [0.5, 0.6) is 0 Å². The van der Waals surface area contributed by atoms with Crippen molar-refractivity contribution in [3.05, 3.63) is 0 Å². The van der Waals surface area contributed by atoms with Crippen LogP contribution in [0.1, 0.15) is 20.8 Å². The first-order valence-corrected chi connectivity index (χ1v) is 2.96. The largest absolute Gasteiger partial charge is 0.400 e. The van der Waals surface area contributed by atoms with Crippen molar-refractivity contribution in [2.24, 2.45) is 0 Å². The zero-order chi connectivity index (χ0) is 6.99. The van der Waals surface area contributed by atoms with Gasteiger partial charge in [0.25, 0.3) is 0 Å². The predicted molar refractivity (Wildman–Crippen MR) is 34.9 cm³/mol. The Bertz CT molecular complexity index is 25.7. The van der Waals surface area contributed by atoms with E-state index < -0.39 is 0 Å². The summed E-state index contributed by atoms with van der Waals surface area (Å²) in [7, 11) is 1.00. The summed E-state index contributed by atoms with van der Waals surface area (Å²) in [6.45, 7) is 7.04. The molecule has 1 atom stereocenters. The van der Waals surface area contributed by atoms with Gasteiger partial charge in [-0.2, -0.15) is 0 Å². The number of aliphatic hydroxyl groups excluding tert-OH is 1. The van der Waals surface area contributed by atoms with Crippen LogP contribution in [-0.4, -0.2) is 24.9 Å². The van der Waals surface area contributed by atoms with E-state index in [4.69, 9.17) is 9.84 Å². The van der Waals surface area contributed by atoms with Crippen LogP contribution in [-0.2, 0) is 4.74 Å². The molecule has 52 valence electrons. The molecule has 1 aliphatic rings. The minimum absolute atomic E-state index is 0.583. The van der Waals surface area contributed by atoms with Crippen LogP contribution in [0, 0.1) is 0 Å². The summed E-state index contributed by atoms with van der Waals surface area (Å²) in [6.07, 6.45) is 0.583. The monoisotopic (exact) mass is 120 g/mol. The fourth-order valence-corrected chi connectivity index (χ4v) is 0.0962. The first-order valence-electron chi connectivity index (χ1n) is 2.96. The lowest BCUT2D eigenvalue weighted by Crippen LogP contribution is -1.60. The molecule has 0 aromatic carbocycles. The molecule has 0 aromatic heterocycles. The molecule has 1 heterocycles. The van der Waals surface area contributed by atoms with Gasteiger partial charge in [0.2, 0.25) is 0 Å². The van der Waals surface area contributed by atoms with Crippen LogP contribution in [0.4, 0.5) is 0 Å². The van der Waals surface area contributed by atoms with E-state index in [1.54, 1.807) is 0 Å². The Labute approximate surface area is 51.5 Å². The lowest BCUT2D eigenvalue weighted by molar-refractivity contribution is 0.399. The molecule has 8 heavy (non-hydrogen) atoms. The van der Waals surface area contributed by atoms with Crippen LogP contribution in [0.15, 0.2) is 0 Å². The maximum absolute atomic E-state index is 7.00. The third-order valence-electron chi connectivity index (χ3n) is 0.500. The minimum Gasteiger partial charge on any atom is -0.400 e. The molecular formula is C6H16O2. The number of hydrogen-bond donors (Lipinski definition) is 1. The van der Waals surface area contributed by atoms with Crippen molar-refractivity contribution < 1.29 is 9.84 Å². The number of aliphatic hydroxyl groups is 1. The molecular weight excluding hydrogens is 104 g/mol. The second kappa shape index (κ2) is 10.0. The molecule has 0 bridgehead atoms. The molecule has 1 fully saturated rings. The third-order valence-corrected chi connectivity index (χ3v) is 0.500.